The number of hydrogen-bond acceptors (Lipinski definition) is 5. The lowest BCUT2D eigenvalue weighted by atomic mass is 10.2. The molecule has 1 heterocycles. The molecule has 7 heteroatoms. The van der Waals surface area contributed by atoms with Gasteiger partial charge in [0.25, 0.3) is 0 Å². The first-order valence-corrected chi connectivity index (χ1v) is 9.41. The number of hydrogen-bond donors (Lipinski definition) is 2. The van der Waals surface area contributed by atoms with Crippen LogP contribution in [0.25, 0.3) is 0 Å². The van der Waals surface area contributed by atoms with Crippen molar-refractivity contribution in [2.75, 3.05) is 25.6 Å². The van der Waals surface area contributed by atoms with Crippen molar-refractivity contribution in [3.05, 3.63) is 17.0 Å². The van der Waals surface area contributed by atoms with E-state index < -0.39 is 10.0 Å². The molecule has 18 heavy (non-hydrogen) atoms. The van der Waals surface area contributed by atoms with E-state index in [9.17, 15) is 8.42 Å². The molecule has 0 radical (unpaired) electrons. The lowest BCUT2D eigenvalue weighted by molar-refractivity contribution is 0.564. The van der Waals surface area contributed by atoms with Gasteiger partial charge in [0.2, 0.25) is 10.0 Å². The van der Waals surface area contributed by atoms with Crippen LogP contribution in [0, 0.1) is 5.92 Å². The molecule has 0 saturated carbocycles. The molecule has 1 aromatic rings. The summed E-state index contributed by atoms with van der Waals surface area (Å²) in [6.45, 7) is 3.23. The van der Waals surface area contributed by atoms with Gasteiger partial charge in [0.15, 0.2) is 0 Å². The third-order valence-electron chi connectivity index (χ3n) is 2.33. The average Bonchev–Trinajstić information content (AvgIpc) is 2.77. The number of sulfonamides is 1. The minimum Gasteiger partial charge on any atom is -0.315 e. The zero-order valence-corrected chi connectivity index (χ0v) is 13.3. The molecular formula is C11H20N2O2S3. The first kappa shape index (κ1) is 16.0. The standard InChI is InChI=1S/C11H20N2O2S3/c1-9(8-16-3)6-13-18(14,15)11-5-4-10(17-11)7-12-2/h4-5,9,12-13H,6-8H2,1-3H3. The third kappa shape index (κ3) is 4.89. The maximum Gasteiger partial charge on any atom is 0.250 e. The SMILES string of the molecule is CNCc1ccc(S(=O)(=O)NCC(C)CSC)s1. The van der Waals surface area contributed by atoms with Crippen molar-refractivity contribution in [1.82, 2.24) is 10.0 Å². The molecule has 2 N–H and O–H groups in total. The summed E-state index contributed by atoms with van der Waals surface area (Å²) in [6.07, 6.45) is 2.02. The Morgan fingerprint density at radius 3 is 2.78 bits per heavy atom. The molecule has 0 aliphatic heterocycles. The molecule has 0 aliphatic carbocycles. The Kier molecular flexibility index (Phi) is 6.65. The quantitative estimate of drug-likeness (QED) is 0.768. The van der Waals surface area contributed by atoms with Crippen molar-refractivity contribution in [2.24, 2.45) is 5.92 Å². The number of nitrogens with one attached hydrogen (secondary N) is 2. The minimum atomic E-state index is -3.34. The second-order valence-electron chi connectivity index (χ2n) is 4.16. The van der Waals surface area contributed by atoms with Crippen molar-refractivity contribution < 1.29 is 8.42 Å². The van der Waals surface area contributed by atoms with Crippen molar-refractivity contribution in [1.29, 1.82) is 0 Å². The highest BCUT2D eigenvalue weighted by molar-refractivity contribution is 7.98. The Morgan fingerprint density at radius 2 is 2.17 bits per heavy atom. The van der Waals surface area contributed by atoms with Crippen molar-refractivity contribution in [3.8, 4) is 0 Å². The molecule has 1 aromatic heterocycles. The largest absolute Gasteiger partial charge is 0.315 e. The van der Waals surface area contributed by atoms with Gasteiger partial charge in [-0.1, -0.05) is 6.92 Å². The third-order valence-corrected chi connectivity index (χ3v) is 6.23. The van der Waals surface area contributed by atoms with Crippen molar-refractivity contribution in [2.45, 2.75) is 17.7 Å². The van der Waals surface area contributed by atoms with E-state index in [0.717, 1.165) is 10.6 Å². The minimum absolute atomic E-state index is 0.339. The molecule has 104 valence electrons. The van der Waals surface area contributed by atoms with E-state index in [1.54, 1.807) is 17.8 Å². The van der Waals surface area contributed by atoms with Gasteiger partial charge in [-0.2, -0.15) is 11.8 Å². The van der Waals surface area contributed by atoms with E-state index in [-0.39, 0.29) is 0 Å². The summed E-state index contributed by atoms with van der Waals surface area (Å²) in [5, 5.41) is 3.01. The van der Waals surface area contributed by atoms with E-state index >= 15 is 0 Å². The van der Waals surface area contributed by atoms with E-state index in [2.05, 4.69) is 10.0 Å². The van der Waals surface area contributed by atoms with E-state index in [4.69, 9.17) is 0 Å². The predicted molar refractivity (Wildman–Crippen MR) is 79.8 cm³/mol. The van der Waals surface area contributed by atoms with Gasteiger partial charge < -0.3 is 5.32 Å². The molecule has 1 atom stereocenters. The average molecular weight is 308 g/mol. The summed E-state index contributed by atoms with van der Waals surface area (Å²) in [7, 11) is -1.50. The van der Waals surface area contributed by atoms with Gasteiger partial charge >= 0.3 is 0 Å². The molecule has 0 aromatic carbocycles. The van der Waals surface area contributed by atoms with Crippen LogP contribution in [-0.4, -0.2) is 34.0 Å². The lowest BCUT2D eigenvalue weighted by Gasteiger charge is -2.10. The van der Waals surface area contributed by atoms with Gasteiger partial charge in [0.05, 0.1) is 0 Å². The van der Waals surface area contributed by atoms with Crippen LogP contribution in [0.4, 0.5) is 0 Å². The second kappa shape index (κ2) is 7.49. The highest BCUT2D eigenvalue weighted by Crippen LogP contribution is 2.21. The fourth-order valence-corrected chi connectivity index (χ4v) is 4.70. The summed E-state index contributed by atoms with van der Waals surface area (Å²) in [6, 6.07) is 3.51. The van der Waals surface area contributed by atoms with Crippen LogP contribution in [0.2, 0.25) is 0 Å². The fourth-order valence-electron chi connectivity index (χ4n) is 1.44. The zero-order valence-electron chi connectivity index (χ0n) is 10.9. The van der Waals surface area contributed by atoms with Crippen LogP contribution >= 0.6 is 23.1 Å². The van der Waals surface area contributed by atoms with Gasteiger partial charge in [-0.15, -0.1) is 11.3 Å². The first-order valence-electron chi connectivity index (χ1n) is 5.71. The first-order chi connectivity index (χ1) is 8.49. The van der Waals surface area contributed by atoms with Crippen molar-refractivity contribution >= 4 is 33.1 Å². The van der Waals surface area contributed by atoms with Gasteiger partial charge in [0.1, 0.15) is 4.21 Å². The molecular weight excluding hydrogens is 288 g/mol. The summed E-state index contributed by atoms with van der Waals surface area (Å²) in [5.74, 6) is 1.30. The van der Waals surface area contributed by atoms with Gasteiger partial charge in [-0.05, 0) is 37.1 Å². The summed E-state index contributed by atoms with van der Waals surface area (Å²) in [5.41, 5.74) is 0. The second-order valence-corrected chi connectivity index (χ2v) is 8.24. The Morgan fingerprint density at radius 1 is 1.44 bits per heavy atom. The molecule has 4 nitrogen and oxygen atoms in total. The normalized spacial score (nSPS) is 13.7. The lowest BCUT2D eigenvalue weighted by Crippen LogP contribution is -2.28. The monoisotopic (exact) mass is 308 g/mol. The van der Waals surface area contributed by atoms with Gasteiger partial charge in [-0.3, -0.25) is 0 Å². The van der Waals surface area contributed by atoms with Crippen molar-refractivity contribution in [3.63, 3.8) is 0 Å². The maximum absolute atomic E-state index is 12.0. The Labute approximate surface area is 118 Å². The van der Waals surface area contributed by atoms with E-state index in [1.807, 2.05) is 26.3 Å². The molecule has 0 amide bonds. The van der Waals surface area contributed by atoms with E-state index in [0.29, 0.717) is 23.2 Å². The van der Waals surface area contributed by atoms with Crippen LogP contribution in [0.3, 0.4) is 0 Å². The number of thiophene rings is 1. The fraction of sp³-hybridized carbons (Fsp3) is 0.636. The van der Waals surface area contributed by atoms with Crippen LogP contribution < -0.4 is 10.0 Å². The van der Waals surface area contributed by atoms with Crippen LogP contribution in [0.1, 0.15) is 11.8 Å². The Bertz CT molecular complexity index is 457. The highest BCUT2D eigenvalue weighted by atomic mass is 32.2. The highest BCUT2D eigenvalue weighted by Gasteiger charge is 2.17. The van der Waals surface area contributed by atoms with Gasteiger partial charge in [0, 0.05) is 18.0 Å². The van der Waals surface area contributed by atoms with Gasteiger partial charge in [-0.25, -0.2) is 13.1 Å². The number of rotatable bonds is 8. The summed E-state index contributed by atoms with van der Waals surface area (Å²) < 4.78 is 27.1. The molecule has 1 rings (SSSR count). The molecule has 0 bridgehead atoms. The molecule has 0 spiro atoms. The molecule has 0 aliphatic rings. The van der Waals surface area contributed by atoms with E-state index in [1.165, 1.54) is 11.3 Å². The zero-order chi connectivity index (χ0) is 13.6. The Hall–Kier alpha value is -0.0800. The number of thioether (sulfide) groups is 1. The maximum atomic E-state index is 12.0. The topological polar surface area (TPSA) is 58.2 Å². The molecule has 0 saturated heterocycles. The predicted octanol–water partition coefficient (Wildman–Crippen LogP) is 1.74. The van der Waals surface area contributed by atoms with Crippen LogP contribution in [0.5, 0.6) is 0 Å². The van der Waals surface area contributed by atoms with Crippen LogP contribution in [-0.2, 0) is 16.6 Å². The smallest absolute Gasteiger partial charge is 0.250 e. The molecule has 0 fully saturated rings. The molecule has 1 unspecified atom stereocenters. The Balaban J connectivity index is 2.62. The summed E-state index contributed by atoms with van der Waals surface area (Å²) in [4.78, 5) is 1.02. The summed E-state index contributed by atoms with van der Waals surface area (Å²) >= 11 is 3.04. The van der Waals surface area contributed by atoms with Crippen LogP contribution in [0.15, 0.2) is 16.3 Å².